The molecule has 1 unspecified atom stereocenters. The number of ether oxygens (including phenoxy) is 3. The van der Waals surface area contributed by atoms with Crippen molar-refractivity contribution in [2.45, 2.75) is 52.2 Å². The van der Waals surface area contributed by atoms with Crippen molar-refractivity contribution in [2.24, 2.45) is 10.9 Å². The zero-order valence-electron chi connectivity index (χ0n) is 19.8. The highest BCUT2D eigenvalue weighted by molar-refractivity contribution is 5.79. The van der Waals surface area contributed by atoms with Gasteiger partial charge in [-0.15, -0.1) is 0 Å². The lowest BCUT2D eigenvalue weighted by Crippen LogP contribution is -2.44. The summed E-state index contributed by atoms with van der Waals surface area (Å²) in [5.74, 6) is 2.72. The van der Waals surface area contributed by atoms with Crippen molar-refractivity contribution in [2.75, 3.05) is 40.9 Å². The number of nitrogens with zero attached hydrogens (tertiary/aromatic N) is 2. The summed E-state index contributed by atoms with van der Waals surface area (Å²) in [5.41, 5.74) is 0.558. The smallest absolute Gasteiger partial charge is 0.410 e. The minimum absolute atomic E-state index is 0.212. The summed E-state index contributed by atoms with van der Waals surface area (Å²) in [5, 5.41) is 6.69. The first kappa shape index (κ1) is 24.6. The molecule has 2 rings (SSSR count). The lowest BCUT2D eigenvalue weighted by Gasteiger charge is -2.34. The normalized spacial score (nSPS) is 17.2. The van der Waals surface area contributed by atoms with Gasteiger partial charge in [-0.3, -0.25) is 4.99 Å². The number of nitrogens with one attached hydrogen (secondary N) is 2. The van der Waals surface area contributed by atoms with Gasteiger partial charge in [-0.1, -0.05) is 0 Å². The van der Waals surface area contributed by atoms with Gasteiger partial charge in [-0.2, -0.15) is 0 Å². The van der Waals surface area contributed by atoms with Crippen molar-refractivity contribution in [1.29, 1.82) is 0 Å². The number of carbonyl (C=O) groups is 1. The van der Waals surface area contributed by atoms with Crippen LogP contribution in [0.3, 0.4) is 0 Å². The van der Waals surface area contributed by atoms with E-state index in [1.165, 1.54) is 0 Å². The van der Waals surface area contributed by atoms with Crippen LogP contribution in [-0.2, 0) is 11.3 Å². The number of likely N-dealkylation sites (tertiary alicyclic amines) is 1. The first-order valence-electron chi connectivity index (χ1n) is 10.9. The van der Waals surface area contributed by atoms with Crippen LogP contribution < -0.4 is 20.1 Å². The Balaban J connectivity index is 1.78. The first-order valence-corrected chi connectivity index (χ1v) is 10.9. The highest BCUT2D eigenvalue weighted by Gasteiger charge is 2.27. The molecule has 1 amide bonds. The van der Waals surface area contributed by atoms with E-state index >= 15 is 0 Å². The van der Waals surface area contributed by atoms with Gasteiger partial charge in [-0.25, -0.2) is 4.79 Å². The Morgan fingerprint density at radius 2 is 2.00 bits per heavy atom. The average molecular weight is 435 g/mol. The molecule has 1 aromatic rings. The molecule has 0 bridgehead atoms. The molecule has 2 N–H and O–H groups in total. The lowest BCUT2D eigenvalue weighted by molar-refractivity contribution is 0.0162. The SMILES string of the molecule is CN=C(NCCC1CCCN(C(=O)OC(C)(C)C)C1)NCc1ccc(OC)cc1OC. The number of amides is 1. The summed E-state index contributed by atoms with van der Waals surface area (Å²) in [6, 6.07) is 5.76. The Morgan fingerprint density at radius 3 is 2.65 bits per heavy atom. The van der Waals surface area contributed by atoms with E-state index in [-0.39, 0.29) is 6.09 Å². The number of hydrogen-bond acceptors (Lipinski definition) is 5. The van der Waals surface area contributed by atoms with Crippen LogP contribution in [0.4, 0.5) is 4.79 Å². The maximum atomic E-state index is 12.3. The fourth-order valence-electron chi connectivity index (χ4n) is 3.59. The van der Waals surface area contributed by atoms with E-state index in [0.29, 0.717) is 12.5 Å². The van der Waals surface area contributed by atoms with Gasteiger partial charge in [0.1, 0.15) is 17.1 Å². The predicted octanol–water partition coefficient (Wildman–Crippen LogP) is 3.41. The Labute approximate surface area is 186 Å². The number of aliphatic imine (C=N–C) groups is 1. The molecule has 1 saturated heterocycles. The molecule has 1 heterocycles. The van der Waals surface area contributed by atoms with Crippen molar-refractivity contribution in [3.05, 3.63) is 23.8 Å². The van der Waals surface area contributed by atoms with Crippen molar-refractivity contribution >= 4 is 12.1 Å². The summed E-state index contributed by atoms with van der Waals surface area (Å²) >= 11 is 0. The molecular formula is C23H38N4O4. The van der Waals surface area contributed by atoms with Gasteiger partial charge in [0.2, 0.25) is 0 Å². The third-order valence-corrected chi connectivity index (χ3v) is 5.18. The van der Waals surface area contributed by atoms with Gasteiger partial charge in [0.05, 0.1) is 14.2 Å². The fourth-order valence-corrected chi connectivity index (χ4v) is 3.59. The Bertz CT molecular complexity index is 746. The van der Waals surface area contributed by atoms with Crippen molar-refractivity contribution in [3.8, 4) is 11.5 Å². The highest BCUT2D eigenvalue weighted by Crippen LogP contribution is 2.24. The molecule has 1 aliphatic rings. The number of benzene rings is 1. The molecule has 174 valence electrons. The summed E-state index contributed by atoms with van der Waals surface area (Å²) < 4.78 is 16.2. The predicted molar refractivity (Wildman–Crippen MR) is 123 cm³/mol. The molecule has 0 spiro atoms. The Kier molecular flexibility index (Phi) is 9.27. The Hall–Kier alpha value is -2.64. The molecule has 1 atom stereocenters. The van der Waals surface area contributed by atoms with Crippen LogP contribution >= 0.6 is 0 Å². The first-order chi connectivity index (χ1) is 14.8. The second-order valence-electron chi connectivity index (χ2n) is 8.75. The lowest BCUT2D eigenvalue weighted by atomic mass is 9.95. The molecule has 0 saturated carbocycles. The molecule has 31 heavy (non-hydrogen) atoms. The largest absolute Gasteiger partial charge is 0.497 e. The zero-order chi connectivity index (χ0) is 22.9. The number of guanidine groups is 1. The Morgan fingerprint density at radius 1 is 1.23 bits per heavy atom. The summed E-state index contributed by atoms with van der Waals surface area (Å²) in [7, 11) is 5.04. The van der Waals surface area contributed by atoms with Gasteiger partial charge in [0.25, 0.3) is 0 Å². The second kappa shape index (κ2) is 11.7. The van der Waals surface area contributed by atoms with E-state index in [1.54, 1.807) is 21.3 Å². The number of hydrogen-bond donors (Lipinski definition) is 2. The van der Waals surface area contributed by atoms with Crippen LogP contribution in [0.25, 0.3) is 0 Å². The van der Waals surface area contributed by atoms with Crippen molar-refractivity contribution < 1.29 is 19.0 Å². The molecule has 8 nitrogen and oxygen atoms in total. The molecule has 0 aliphatic carbocycles. The van der Waals surface area contributed by atoms with Crippen molar-refractivity contribution in [1.82, 2.24) is 15.5 Å². The van der Waals surface area contributed by atoms with Crippen LogP contribution in [0.1, 0.15) is 45.6 Å². The van der Waals surface area contributed by atoms with Gasteiger partial charge >= 0.3 is 6.09 Å². The number of carbonyl (C=O) groups excluding carboxylic acids is 1. The van der Waals surface area contributed by atoms with Gasteiger partial charge < -0.3 is 29.7 Å². The topological polar surface area (TPSA) is 84.4 Å². The number of methoxy groups -OCH3 is 2. The minimum atomic E-state index is -0.462. The molecule has 8 heteroatoms. The summed E-state index contributed by atoms with van der Waals surface area (Å²) in [4.78, 5) is 18.5. The molecule has 1 fully saturated rings. The van der Waals surface area contributed by atoms with Gasteiger partial charge in [0.15, 0.2) is 5.96 Å². The zero-order valence-corrected chi connectivity index (χ0v) is 19.8. The molecule has 0 aromatic heterocycles. The van der Waals surface area contributed by atoms with Crippen LogP contribution in [-0.4, -0.2) is 63.5 Å². The van der Waals surface area contributed by atoms with E-state index in [9.17, 15) is 4.79 Å². The quantitative estimate of drug-likeness (QED) is 0.505. The minimum Gasteiger partial charge on any atom is -0.497 e. The molecule has 1 aromatic carbocycles. The monoisotopic (exact) mass is 434 g/mol. The average Bonchev–Trinajstić information content (AvgIpc) is 2.75. The van der Waals surface area contributed by atoms with Crippen LogP contribution in [0.5, 0.6) is 11.5 Å². The highest BCUT2D eigenvalue weighted by atomic mass is 16.6. The van der Waals surface area contributed by atoms with E-state index in [4.69, 9.17) is 14.2 Å². The van der Waals surface area contributed by atoms with E-state index in [1.807, 2.05) is 43.9 Å². The van der Waals surface area contributed by atoms with Gasteiger partial charge in [0, 0.05) is 44.9 Å². The summed E-state index contributed by atoms with van der Waals surface area (Å²) in [6.07, 6.45) is 2.88. The van der Waals surface area contributed by atoms with E-state index in [2.05, 4.69) is 15.6 Å². The number of rotatable bonds is 7. The van der Waals surface area contributed by atoms with Crippen LogP contribution in [0.15, 0.2) is 23.2 Å². The third kappa shape index (κ3) is 8.19. The van der Waals surface area contributed by atoms with Gasteiger partial charge in [-0.05, 0) is 58.1 Å². The van der Waals surface area contributed by atoms with Crippen molar-refractivity contribution in [3.63, 3.8) is 0 Å². The standard InChI is InChI=1S/C23H38N4O4/c1-23(2,3)31-22(28)27-13-7-8-17(16-27)11-12-25-21(24-4)26-15-18-9-10-19(29-5)14-20(18)30-6/h9-10,14,17H,7-8,11-13,15-16H2,1-6H3,(H2,24,25,26). The van der Waals surface area contributed by atoms with E-state index in [0.717, 1.165) is 61.9 Å². The summed E-state index contributed by atoms with van der Waals surface area (Å²) in [6.45, 7) is 8.58. The maximum absolute atomic E-state index is 12.3. The second-order valence-corrected chi connectivity index (χ2v) is 8.75. The fraction of sp³-hybridized carbons (Fsp3) is 0.652. The molecule has 0 radical (unpaired) electrons. The molecular weight excluding hydrogens is 396 g/mol. The van der Waals surface area contributed by atoms with E-state index < -0.39 is 5.60 Å². The molecule has 1 aliphatic heterocycles. The maximum Gasteiger partial charge on any atom is 0.410 e. The van der Waals surface area contributed by atoms with Crippen LogP contribution in [0.2, 0.25) is 0 Å². The number of piperidine rings is 1. The van der Waals surface area contributed by atoms with Crippen LogP contribution in [0, 0.1) is 5.92 Å². The third-order valence-electron chi connectivity index (χ3n) is 5.18.